The first kappa shape index (κ1) is 16.4. The van der Waals surface area contributed by atoms with E-state index in [2.05, 4.69) is 10.4 Å². The van der Waals surface area contributed by atoms with Gasteiger partial charge >= 0.3 is 0 Å². The Kier molecular flexibility index (Phi) is 5.88. The zero-order valence-corrected chi connectivity index (χ0v) is 11.7. The van der Waals surface area contributed by atoms with Gasteiger partial charge in [-0.15, -0.1) is 12.4 Å². The maximum absolute atomic E-state index is 13.0. The summed E-state index contributed by atoms with van der Waals surface area (Å²) in [7, 11) is 0. The van der Waals surface area contributed by atoms with Crippen molar-refractivity contribution in [1.82, 2.24) is 9.78 Å². The fourth-order valence-corrected chi connectivity index (χ4v) is 1.84. The molecule has 1 heterocycles. The van der Waals surface area contributed by atoms with Crippen molar-refractivity contribution < 1.29 is 13.2 Å². The second-order valence-electron chi connectivity index (χ2n) is 4.19. The molecule has 2 aromatic rings. The van der Waals surface area contributed by atoms with Crippen LogP contribution in [-0.4, -0.2) is 16.5 Å². The SMILES string of the molecule is Cc1c(NCc2cc(F)cc(F)c2)cnn1CCF.Cl. The molecule has 0 atom stereocenters. The summed E-state index contributed by atoms with van der Waals surface area (Å²) in [6, 6.07) is 3.35. The molecule has 1 aromatic heterocycles. The lowest BCUT2D eigenvalue weighted by atomic mass is 10.2. The van der Waals surface area contributed by atoms with Gasteiger partial charge in [-0.05, 0) is 24.6 Å². The molecular formula is C13H15ClF3N3. The molecule has 0 radical (unpaired) electrons. The third-order valence-corrected chi connectivity index (χ3v) is 2.80. The lowest BCUT2D eigenvalue weighted by molar-refractivity contribution is 0.423. The van der Waals surface area contributed by atoms with Gasteiger partial charge in [0.15, 0.2) is 0 Å². The number of hydrogen-bond donors (Lipinski definition) is 1. The van der Waals surface area contributed by atoms with Crippen molar-refractivity contribution in [3.05, 3.63) is 47.3 Å². The van der Waals surface area contributed by atoms with Crippen molar-refractivity contribution in [2.45, 2.75) is 20.0 Å². The summed E-state index contributed by atoms with van der Waals surface area (Å²) in [6.07, 6.45) is 1.57. The normalized spacial score (nSPS) is 10.2. The Morgan fingerprint density at radius 3 is 2.45 bits per heavy atom. The summed E-state index contributed by atoms with van der Waals surface area (Å²) in [4.78, 5) is 0. The van der Waals surface area contributed by atoms with E-state index in [0.29, 0.717) is 5.56 Å². The molecule has 0 aliphatic rings. The molecule has 7 heteroatoms. The minimum Gasteiger partial charge on any atom is -0.378 e. The third-order valence-electron chi connectivity index (χ3n) is 2.80. The van der Waals surface area contributed by atoms with Crippen LogP contribution < -0.4 is 5.32 Å². The van der Waals surface area contributed by atoms with Crippen molar-refractivity contribution in [2.75, 3.05) is 12.0 Å². The van der Waals surface area contributed by atoms with E-state index < -0.39 is 18.3 Å². The van der Waals surface area contributed by atoms with Gasteiger partial charge in [0.2, 0.25) is 0 Å². The number of rotatable bonds is 5. The Morgan fingerprint density at radius 1 is 1.20 bits per heavy atom. The first-order valence-corrected chi connectivity index (χ1v) is 5.87. The monoisotopic (exact) mass is 305 g/mol. The number of alkyl halides is 1. The Balaban J connectivity index is 0.00000200. The molecule has 0 aliphatic carbocycles. The van der Waals surface area contributed by atoms with Crippen LogP contribution in [0.1, 0.15) is 11.3 Å². The topological polar surface area (TPSA) is 29.9 Å². The molecule has 0 bridgehead atoms. The van der Waals surface area contributed by atoms with Crippen LogP contribution in [0, 0.1) is 18.6 Å². The number of anilines is 1. The van der Waals surface area contributed by atoms with Crippen LogP contribution >= 0.6 is 12.4 Å². The van der Waals surface area contributed by atoms with Crippen LogP contribution in [0.5, 0.6) is 0 Å². The maximum Gasteiger partial charge on any atom is 0.126 e. The minimum absolute atomic E-state index is 0. The number of benzene rings is 1. The van der Waals surface area contributed by atoms with Crippen molar-refractivity contribution in [2.24, 2.45) is 0 Å². The zero-order valence-electron chi connectivity index (χ0n) is 10.9. The van der Waals surface area contributed by atoms with E-state index in [1.165, 1.54) is 16.8 Å². The molecule has 0 spiro atoms. The molecule has 110 valence electrons. The number of aryl methyl sites for hydroxylation is 1. The first-order chi connectivity index (χ1) is 9.10. The summed E-state index contributed by atoms with van der Waals surface area (Å²) < 4.78 is 39.8. The molecule has 0 amide bonds. The highest BCUT2D eigenvalue weighted by molar-refractivity contribution is 5.85. The molecule has 0 fully saturated rings. The summed E-state index contributed by atoms with van der Waals surface area (Å²) in [5.74, 6) is -1.22. The molecule has 1 N–H and O–H groups in total. The summed E-state index contributed by atoms with van der Waals surface area (Å²) in [6.45, 7) is 1.78. The van der Waals surface area contributed by atoms with E-state index in [4.69, 9.17) is 0 Å². The van der Waals surface area contributed by atoms with Gasteiger partial charge in [-0.1, -0.05) is 0 Å². The number of aromatic nitrogens is 2. The number of halogens is 4. The highest BCUT2D eigenvalue weighted by Crippen LogP contribution is 2.16. The van der Waals surface area contributed by atoms with Crippen molar-refractivity contribution in [1.29, 1.82) is 0 Å². The molecule has 0 unspecified atom stereocenters. The molecule has 0 saturated carbocycles. The largest absolute Gasteiger partial charge is 0.378 e. The lowest BCUT2D eigenvalue weighted by Crippen LogP contribution is -2.05. The standard InChI is InChI=1S/C13H14F3N3.ClH/c1-9-13(8-18-19(9)3-2-14)17-7-10-4-11(15)6-12(16)5-10;/h4-6,8,17H,2-3,7H2,1H3;1H. The fourth-order valence-electron chi connectivity index (χ4n) is 1.84. The average Bonchev–Trinajstić information content (AvgIpc) is 2.68. The number of nitrogens with zero attached hydrogens (tertiary/aromatic N) is 2. The Labute approximate surface area is 121 Å². The molecule has 3 nitrogen and oxygen atoms in total. The van der Waals surface area contributed by atoms with Crippen molar-refractivity contribution >= 4 is 18.1 Å². The smallest absolute Gasteiger partial charge is 0.126 e. The molecule has 2 rings (SSSR count). The van der Waals surface area contributed by atoms with Crippen LogP contribution in [0.15, 0.2) is 24.4 Å². The first-order valence-electron chi connectivity index (χ1n) is 5.87. The molecular weight excluding hydrogens is 291 g/mol. The highest BCUT2D eigenvalue weighted by atomic mass is 35.5. The van der Waals surface area contributed by atoms with Crippen LogP contribution in [0.4, 0.5) is 18.9 Å². The predicted octanol–water partition coefficient (Wildman–Crippen LogP) is 3.47. The van der Waals surface area contributed by atoms with Crippen molar-refractivity contribution in [3.8, 4) is 0 Å². The van der Waals surface area contributed by atoms with Gasteiger partial charge in [0.1, 0.15) is 18.3 Å². The molecule has 1 aromatic carbocycles. The zero-order chi connectivity index (χ0) is 13.8. The molecule has 20 heavy (non-hydrogen) atoms. The minimum atomic E-state index is -0.610. The Hall–Kier alpha value is -1.69. The quantitative estimate of drug-likeness (QED) is 0.916. The summed E-state index contributed by atoms with van der Waals surface area (Å²) >= 11 is 0. The van der Waals surface area contributed by atoms with Crippen LogP contribution in [0.25, 0.3) is 0 Å². The second-order valence-corrected chi connectivity index (χ2v) is 4.19. The van der Waals surface area contributed by atoms with Crippen LogP contribution in [0.2, 0.25) is 0 Å². The second kappa shape index (κ2) is 7.19. The fraction of sp³-hybridized carbons (Fsp3) is 0.308. The number of nitrogens with one attached hydrogen (secondary N) is 1. The van der Waals surface area contributed by atoms with E-state index in [-0.39, 0.29) is 25.5 Å². The van der Waals surface area contributed by atoms with Gasteiger partial charge in [0.25, 0.3) is 0 Å². The highest BCUT2D eigenvalue weighted by Gasteiger charge is 2.06. The van der Waals surface area contributed by atoms with Gasteiger partial charge < -0.3 is 5.32 Å². The van der Waals surface area contributed by atoms with Gasteiger partial charge in [0, 0.05) is 12.6 Å². The number of hydrogen-bond acceptors (Lipinski definition) is 2. The van der Waals surface area contributed by atoms with Gasteiger partial charge in [-0.2, -0.15) is 5.10 Å². The van der Waals surface area contributed by atoms with Crippen LogP contribution in [-0.2, 0) is 13.1 Å². The van der Waals surface area contributed by atoms with Crippen molar-refractivity contribution in [3.63, 3.8) is 0 Å². The Morgan fingerprint density at radius 2 is 1.85 bits per heavy atom. The average molecular weight is 306 g/mol. The van der Waals surface area contributed by atoms with E-state index in [1.807, 2.05) is 0 Å². The predicted molar refractivity (Wildman–Crippen MR) is 73.9 cm³/mol. The van der Waals surface area contributed by atoms with Gasteiger partial charge in [-0.3, -0.25) is 4.68 Å². The van der Waals surface area contributed by atoms with E-state index in [0.717, 1.165) is 17.4 Å². The van der Waals surface area contributed by atoms with Gasteiger partial charge in [-0.25, -0.2) is 13.2 Å². The third kappa shape index (κ3) is 3.90. The maximum atomic E-state index is 13.0. The lowest BCUT2D eigenvalue weighted by Gasteiger charge is -2.07. The summed E-state index contributed by atoms with van der Waals surface area (Å²) in [5.41, 5.74) is 2.00. The van der Waals surface area contributed by atoms with E-state index in [1.54, 1.807) is 13.1 Å². The molecule has 0 aliphatic heterocycles. The van der Waals surface area contributed by atoms with Crippen LogP contribution in [0.3, 0.4) is 0 Å². The van der Waals surface area contributed by atoms with E-state index in [9.17, 15) is 13.2 Å². The Bertz CT molecular complexity index is 552. The van der Waals surface area contributed by atoms with Gasteiger partial charge in [0.05, 0.1) is 24.1 Å². The van der Waals surface area contributed by atoms with E-state index >= 15 is 0 Å². The summed E-state index contributed by atoms with van der Waals surface area (Å²) in [5, 5.41) is 7.04. The molecule has 0 saturated heterocycles.